The number of benzene rings is 1. The molecule has 2 rings (SSSR count). The maximum atomic E-state index is 6.05. The summed E-state index contributed by atoms with van der Waals surface area (Å²) in [6.07, 6.45) is 1.88. The van der Waals surface area contributed by atoms with Gasteiger partial charge in [0.1, 0.15) is 5.75 Å². The van der Waals surface area contributed by atoms with Gasteiger partial charge in [-0.3, -0.25) is 0 Å². The smallest absolute Gasteiger partial charge is 0.125 e. The van der Waals surface area contributed by atoms with Gasteiger partial charge in [0.2, 0.25) is 0 Å². The third-order valence-electron chi connectivity index (χ3n) is 2.23. The van der Waals surface area contributed by atoms with Crippen molar-refractivity contribution in [2.75, 3.05) is 7.11 Å². The minimum Gasteiger partial charge on any atom is -0.496 e. The molecular formula is C10H10ClNO. The highest BCUT2D eigenvalue weighted by Gasteiger charge is 2.08. The standard InChI is InChI=1S/C10H10ClNO/c1-6-9(13-2)5-8(11)7-3-4-12-10(6)7/h3-5,12H,1-2H3. The van der Waals surface area contributed by atoms with E-state index in [1.807, 2.05) is 25.3 Å². The molecule has 0 saturated carbocycles. The van der Waals surface area contributed by atoms with Gasteiger partial charge >= 0.3 is 0 Å². The van der Waals surface area contributed by atoms with Gasteiger partial charge in [-0.2, -0.15) is 0 Å². The molecule has 0 saturated heterocycles. The Labute approximate surface area is 81.5 Å². The first-order chi connectivity index (χ1) is 6.24. The number of fused-ring (bicyclic) bond motifs is 1. The number of hydrogen-bond acceptors (Lipinski definition) is 1. The van der Waals surface area contributed by atoms with Crippen LogP contribution in [0, 0.1) is 6.92 Å². The number of rotatable bonds is 1. The third kappa shape index (κ3) is 1.18. The van der Waals surface area contributed by atoms with Gasteiger partial charge in [-0.15, -0.1) is 0 Å². The van der Waals surface area contributed by atoms with Crippen molar-refractivity contribution in [3.8, 4) is 5.75 Å². The molecule has 0 aliphatic carbocycles. The van der Waals surface area contributed by atoms with Crippen LogP contribution >= 0.6 is 11.6 Å². The lowest BCUT2D eigenvalue weighted by Crippen LogP contribution is -1.88. The summed E-state index contributed by atoms with van der Waals surface area (Å²) >= 11 is 6.05. The Balaban J connectivity index is 2.85. The van der Waals surface area contributed by atoms with Crippen LogP contribution in [0.1, 0.15) is 5.56 Å². The monoisotopic (exact) mass is 195 g/mol. The molecule has 68 valence electrons. The number of halogens is 1. The van der Waals surface area contributed by atoms with Crippen LogP contribution in [0.3, 0.4) is 0 Å². The van der Waals surface area contributed by atoms with Crippen LogP contribution in [-0.4, -0.2) is 12.1 Å². The van der Waals surface area contributed by atoms with Crippen molar-refractivity contribution in [1.82, 2.24) is 4.98 Å². The van der Waals surface area contributed by atoms with Gasteiger partial charge in [-0.25, -0.2) is 0 Å². The summed E-state index contributed by atoms with van der Waals surface area (Å²) < 4.78 is 5.20. The molecule has 3 heteroatoms. The summed E-state index contributed by atoms with van der Waals surface area (Å²) in [7, 11) is 1.65. The average molecular weight is 196 g/mol. The largest absolute Gasteiger partial charge is 0.496 e. The molecule has 0 fully saturated rings. The summed E-state index contributed by atoms with van der Waals surface area (Å²) in [5.74, 6) is 0.819. The van der Waals surface area contributed by atoms with Crippen molar-refractivity contribution >= 4 is 22.5 Å². The van der Waals surface area contributed by atoms with E-state index in [1.54, 1.807) is 7.11 Å². The molecule has 0 aliphatic rings. The number of aryl methyl sites for hydroxylation is 1. The van der Waals surface area contributed by atoms with Gasteiger partial charge in [0.05, 0.1) is 17.6 Å². The second-order valence-electron chi connectivity index (χ2n) is 2.95. The van der Waals surface area contributed by atoms with Crippen LogP contribution < -0.4 is 4.74 Å². The molecule has 0 amide bonds. The van der Waals surface area contributed by atoms with Crippen LogP contribution in [0.5, 0.6) is 5.75 Å². The van der Waals surface area contributed by atoms with E-state index in [0.717, 1.165) is 27.2 Å². The molecule has 1 N–H and O–H groups in total. The quantitative estimate of drug-likeness (QED) is 0.743. The van der Waals surface area contributed by atoms with E-state index in [4.69, 9.17) is 16.3 Å². The van der Waals surface area contributed by atoms with Crippen LogP contribution in [0.2, 0.25) is 5.02 Å². The van der Waals surface area contributed by atoms with Crippen molar-refractivity contribution < 1.29 is 4.74 Å². The Hall–Kier alpha value is -1.15. The van der Waals surface area contributed by atoms with E-state index in [1.165, 1.54) is 0 Å². The maximum Gasteiger partial charge on any atom is 0.125 e. The zero-order chi connectivity index (χ0) is 9.42. The number of nitrogens with one attached hydrogen (secondary N) is 1. The third-order valence-corrected chi connectivity index (χ3v) is 2.54. The molecular weight excluding hydrogens is 186 g/mol. The minimum atomic E-state index is 0.721. The van der Waals surface area contributed by atoms with Crippen LogP contribution in [0.15, 0.2) is 18.3 Å². The number of methoxy groups -OCH3 is 1. The zero-order valence-electron chi connectivity index (χ0n) is 7.52. The topological polar surface area (TPSA) is 25.0 Å². The Bertz CT molecular complexity index is 447. The van der Waals surface area contributed by atoms with Gasteiger partial charge < -0.3 is 9.72 Å². The SMILES string of the molecule is COc1cc(Cl)c2cc[nH]c2c1C. The maximum absolute atomic E-state index is 6.05. The number of ether oxygens (including phenoxy) is 1. The highest BCUT2D eigenvalue weighted by molar-refractivity contribution is 6.35. The molecule has 1 aromatic carbocycles. The predicted molar refractivity (Wildman–Crippen MR) is 54.6 cm³/mol. The average Bonchev–Trinajstić information content (AvgIpc) is 2.60. The lowest BCUT2D eigenvalue weighted by molar-refractivity contribution is 0.412. The lowest BCUT2D eigenvalue weighted by atomic mass is 10.1. The van der Waals surface area contributed by atoms with E-state index in [2.05, 4.69) is 4.98 Å². The van der Waals surface area contributed by atoms with Crippen molar-refractivity contribution in [2.45, 2.75) is 6.92 Å². The van der Waals surface area contributed by atoms with Crippen molar-refractivity contribution in [3.63, 3.8) is 0 Å². The molecule has 0 spiro atoms. The van der Waals surface area contributed by atoms with Crippen LogP contribution in [0.25, 0.3) is 10.9 Å². The minimum absolute atomic E-state index is 0.721. The van der Waals surface area contributed by atoms with Gasteiger partial charge in [0.25, 0.3) is 0 Å². The number of aromatic nitrogens is 1. The summed E-state index contributed by atoms with van der Waals surface area (Å²) in [6.45, 7) is 2.01. The zero-order valence-corrected chi connectivity index (χ0v) is 8.27. The first-order valence-corrected chi connectivity index (χ1v) is 4.42. The fraction of sp³-hybridized carbons (Fsp3) is 0.200. The number of aromatic amines is 1. The Morgan fingerprint density at radius 1 is 1.46 bits per heavy atom. The molecule has 1 heterocycles. The summed E-state index contributed by atoms with van der Waals surface area (Å²) in [6, 6.07) is 3.80. The van der Waals surface area contributed by atoms with Gasteiger partial charge in [-0.1, -0.05) is 11.6 Å². The first-order valence-electron chi connectivity index (χ1n) is 4.04. The second kappa shape index (κ2) is 2.96. The second-order valence-corrected chi connectivity index (χ2v) is 3.36. The van der Waals surface area contributed by atoms with E-state index in [0.29, 0.717) is 0 Å². The summed E-state index contributed by atoms with van der Waals surface area (Å²) in [5.41, 5.74) is 2.14. The fourth-order valence-corrected chi connectivity index (χ4v) is 1.77. The van der Waals surface area contributed by atoms with Gasteiger partial charge in [0.15, 0.2) is 0 Å². The molecule has 13 heavy (non-hydrogen) atoms. The fourth-order valence-electron chi connectivity index (χ4n) is 1.52. The summed E-state index contributed by atoms with van der Waals surface area (Å²) in [4.78, 5) is 3.14. The molecule has 1 aromatic heterocycles. The highest BCUT2D eigenvalue weighted by Crippen LogP contribution is 2.32. The Morgan fingerprint density at radius 2 is 2.23 bits per heavy atom. The Morgan fingerprint density at radius 3 is 2.92 bits per heavy atom. The van der Waals surface area contributed by atoms with Crippen molar-refractivity contribution in [3.05, 3.63) is 28.9 Å². The summed E-state index contributed by atoms with van der Waals surface area (Å²) in [5, 5.41) is 1.76. The molecule has 0 unspecified atom stereocenters. The van der Waals surface area contributed by atoms with Crippen LogP contribution in [-0.2, 0) is 0 Å². The van der Waals surface area contributed by atoms with Gasteiger partial charge in [-0.05, 0) is 19.1 Å². The number of H-pyrrole nitrogens is 1. The first kappa shape index (κ1) is 8.45. The van der Waals surface area contributed by atoms with E-state index in [9.17, 15) is 0 Å². The molecule has 0 bridgehead atoms. The molecule has 2 aromatic rings. The molecule has 2 nitrogen and oxygen atoms in total. The van der Waals surface area contributed by atoms with Gasteiger partial charge in [0, 0.05) is 17.1 Å². The molecule has 0 radical (unpaired) electrons. The highest BCUT2D eigenvalue weighted by atomic mass is 35.5. The molecule has 0 atom stereocenters. The van der Waals surface area contributed by atoms with E-state index < -0.39 is 0 Å². The Kier molecular flexibility index (Phi) is 1.93. The lowest BCUT2D eigenvalue weighted by Gasteiger charge is -2.06. The van der Waals surface area contributed by atoms with Crippen molar-refractivity contribution in [2.24, 2.45) is 0 Å². The van der Waals surface area contributed by atoms with E-state index >= 15 is 0 Å². The van der Waals surface area contributed by atoms with Crippen molar-refractivity contribution in [1.29, 1.82) is 0 Å². The van der Waals surface area contributed by atoms with E-state index in [-0.39, 0.29) is 0 Å². The van der Waals surface area contributed by atoms with Crippen LogP contribution in [0.4, 0.5) is 0 Å². The molecule has 0 aliphatic heterocycles. The normalized spacial score (nSPS) is 10.7. The predicted octanol–water partition coefficient (Wildman–Crippen LogP) is 3.14. The number of hydrogen-bond donors (Lipinski definition) is 1.